The van der Waals surface area contributed by atoms with Crippen molar-refractivity contribution in [3.8, 4) is 0 Å². The van der Waals surface area contributed by atoms with Crippen LogP contribution < -0.4 is 18.9 Å². The van der Waals surface area contributed by atoms with E-state index in [0.717, 1.165) is 0 Å². The molecule has 0 fully saturated rings. The molecular weight excluding hydrogens is 135 g/mol. The van der Waals surface area contributed by atoms with Gasteiger partial charge in [-0.2, -0.15) is 6.42 Å². The van der Waals surface area contributed by atoms with Crippen molar-refractivity contribution in [3.63, 3.8) is 0 Å². The molecule has 60 valence electrons. The van der Waals surface area contributed by atoms with Crippen LogP contribution in [0.25, 0.3) is 0 Å². The van der Waals surface area contributed by atoms with Gasteiger partial charge < -0.3 is 11.7 Å². The van der Waals surface area contributed by atoms with E-state index in [0.29, 0.717) is 19.4 Å². The first-order valence-electron chi connectivity index (χ1n) is 3.66. The second kappa shape index (κ2) is 8.33. The fourth-order valence-electron chi connectivity index (χ4n) is 0.720. The molecule has 0 saturated carbocycles. The molecule has 1 unspecified atom stereocenters. The Bertz CT molecular complexity index is 104. The van der Waals surface area contributed by atoms with Gasteiger partial charge in [-0.25, -0.2) is 0 Å². The van der Waals surface area contributed by atoms with Crippen LogP contribution in [0.3, 0.4) is 0 Å². The Morgan fingerprint density at radius 3 is 2.55 bits per heavy atom. The molecule has 0 bridgehead atoms. The van der Waals surface area contributed by atoms with E-state index in [1.165, 1.54) is 0 Å². The molecule has 0 heterocycles. The first-order chi connectivity index (χ1) is 4.72. The quantitative estimate of drug-likeness (QED) is 0.356. The van der Waals surface area contributed by atoms with Crippen LogP contribution in [0.15, 0.2) is 0 Å². The normalized spacial score (nSPS) is 11.9. The number of ketones is 1. The topological polar surface area (TPSA) is 26.3 Å². The molecule has 0 radical (unpaired) electrons. The molecule has 0 spiro atoms. The summed E-state index contributed by atoms with van der Waals surface area (Å²) in [4.78, 5) is 11.0. The van der Waals surface area contributed by atoms with Crippen molar-refractivity contribution in [2.75, 3.05) is 6.61 Å². The second-order valence-corrected chi connectivity index (χ2v) is 2.17. The molecule has 0 aliphatic rings. The number of hydrogen-bond donors (Lipinski definition) is 0. The van der Waals surface area contributed by atoms with Gasteiger partial charge in [0.05, 0.1) is 0 Å². The molecule has 11 heavy (non-hydrogen) atoms. The Morgan fingerprint density at radius 1 is 1.64 bits per heavy atom. The molecule has 0 aromatic carbocycles. The Labute approximate surface area is 80.9 Å². The van der Waals surface area contributed by atoms with Gasteiger partial charge in [0, 0.05) is 6.61 Å². The van der Waals surface area contributed by atoms with Gasteiger partial charge in [0.1, 0.15) is 6.10 Å². The van der Waals surface area contributed by atoms with E-state index in [1.54, 1.807) is 6.92 Å². The molecule has 3 heteroatoms. The van der Waals surface area contributed by atoms with Gasteiger partial charge in [0.2, 0.25) is 0 Å². The minimum Gasteiger partial charge on any atom is -0.371 e. The summed E-state index contributed by atoms with van der Waals surface area (Å²) in [5, 5.41) is 0. The molecule has 0 N–H and O–H groups in total. The van der Waals surface area contributed by atoms with E-state index < -0.39 is 0 Å². The molecule has 2 nitrogen and oxygen atoms in total. The van der Waals surface area contributed by atoms with E-state index in [-0.39, 0.29) is 30.7 Å². The summed E-state index contributed by atoms with van der Waals surface area (Å²) < 4.78 is 5.08. The van der Waals surface area contributed by atoms with Gasteiger partial charge in [0.15, 0.2) is 5.78 Å². The standard InChI is InChI=1S/C8H15O2.Li/c1-4-6-8(9)7(3)10-5-2;/h7H,1,4-6H2,2-3H3;/q-1;+1. The average Bonchev–Trinajstić information content (AvgIpc) is 1.89. The SMILES string of the molecule is [CH2-]CCC(=O)C(C)OCC.[Li+]. The van der Waals surface area contributed by atoms with Crippen LogP contribution >= 0.6 is 0 Å². The zero-order valence-corrected chi connectivity index (χ0v) is 7.72. The van der Waals surface area contributed by atoms with Gasteiger partial charge in [0.25, 0.3) is 0 Å². The van der Waals surface area contributed by atoms with Crippen LogP contribution in [0, 0.1) is 6.92 Å². The summed E-state index contributed by atoms with van der Waals surface area (Å²) in [6, 6.07) is 0. The van der Waals surface area contributed by atoms with Crippen LogP contribution in [0.4, 0.5) is 0 Å². The smallest absolute Gasteiger partial charge is 0.371 e. The zero-order valence-electron chi connectivity index (χ0n) is 7.72. The van der Waals surface area contributed by atoms with Crippen molar-refractivity contribution in [3.05, 3.63) is 6.92 Å². The first kappa shape index (κ1) is 13.8. The van der Waals surface area contributed by atoms with Crippen molar-refractivity contribution in [2.24, 2.45) is 0 Å². The maximum atomic E-state index is 11.0. The molecule has 1 atom stereocenters. The molecule has 0 aromatic heterocycles. The molecule has 0 aromatic rings. The van der Waals surface area contributed by atoms with Gasteiger partial charge in [-0.1, -0.05) is 0 Å². The number of Topliss-reactive ketones (excluding diaryl/α,β-unsaturated/α-hetero) is 1. The van der Waals surface area contributed by atoms with Crippen molar-refractivity contribution in [1.29, 1.82) is 0 Å². The summed E-state index contributed by atoms with van der Waals surface area (Å²) in [6.07, 6.45) is 0.948. The van der Waals surface area contributed by atoms with Gasteiger partial charge in [-0.3, -0.25) is 4.79 Å². The Morgan fingerprint density at radius 2 is 2.18 bits per heavy atom. The maximum absolute atomic E-state index is 11.0. The molecular formula is C8H15LiO2. The number of hydrogen-bond acceptors (Lipinski definition) is 2. The summed E-state index contributed by atoms with van der Waals surface area (Å²) in [7, 11) is 0. The van der Waals surface area contributed by atoms with Crippen LogP contribution in [-0.4, -0.2) is 18.5 Å². The molecule has 0 saturated heterocycles. The minimum atomic E-state index is -0.244. The monoisotopic (exact) mass is 150 g/mol. The summed E-state index contributed by atoms with van der Waals surface area (Å²) in [5.74, 6) is 0.150. The number of rotatable bonds is 5. The minimum absolute atomic E-state index is 0. The first-order valence-corrected chi connectivity index (χ1v) is 3.66. The van der Waals surface area contributed by atoms with E-state index >= 15 is 0 Å². The third-order valence-electron chi connectivity index (χ3n) is 1.29. The third-order valence-corrected chi connectivity index (χ3v) is 1.29. The molecule has 0 rings (SSSR count). The van der Waals surface area contributed by atoms with Crippen LogP contribution in [0.1, 0.15) is 26.7 Å². The maximum Gasteiger partial charge on any atom is 1.00 e. The fourth-order valence-corrected chi connectivity index (χ4v) is 0.720. The number of carbonyl (C=O) groups excluding carboxylic acids is 1. The largest absolute Gasteiger partial charge is 1.00 e. The van der Waals surface area contributed by atoms with Crippen molar-refractivity contribution in [2.45, 2.75) is 32.8 Å². The van der Waals surface area contributed by atoms with Crippen LogP contribution in [0.2, 0.25) is 0 Å². The van der Waals surface area contributed by atoms with Crippen LogP contribution in [-0.2, 0) is 9.53 Å². The van der Waals surface area contributed by atoms with E-state index in [9.17, 15) is 4.79 Å². The number of ether oxygens (including phenoxy) is 1. The van der Waals surface area contributed by atoms with Gasteiger partial charge in [-0.15, -0.1) is 0 Å². The van der Waals surface area contributed by atoms with Gasteiger partial charge in [-0.05, 0) is 20.3 Å². The Hall–Kier alpha value is 0.227. The average molecular weight is 150 g/mol. The summed E-state index contributed by atoms with van der Waals surface area (Å²) >= 11 is 0. The fraction of sp³-hybridized carbons (Fsp3) is 0.750. The van der Waals surface area contributed by atoms with Crippen molar-refractivity contribution < 1.29 is 28.4 Å². The van der Waals surface area contributed by atoms with E-state index in [4.69, 9.17) is 4.74 Å². The third kappa shape index (κ3) is 6.62. The molecule has 0 aliphatic carbocycles. The van der Waals surface area contributed by atoms with Crippen molar-refractivity contribution >= 4 is 5.78 Å². The Kier molecular flexibility index (Phi) is 10.4. The molecule has 0 aliphatic heterocycles. The van der Waals surface area contributed by atoms with E-state index in [1.807, 2.05) is 6.92 Å². The van der Waals surface area contributed by atoms with Gasteiger partial charge >= 0.3 is 18.9 Å². The zero-order chi connectivity index (χ0) is 7.98. The van der Waals surface area contributed by atoms with E-state index in [2.05, 4.69) is 6.92 Å². The summed E-state index contributed by atoms with van der Waals surface area (Å²) in [5.41, 5.74) is 0. The summed E-state index contributed by atoms with van der Waals surface area (Å²) in [6.45, 7) is 7.86. The predicted octanol–water partition coefficient (Wildman–Crippen LogP) is -1.40. The van der Waals surface area contributed by atoms with Crippen LogP contribution in [0.5, 0.6) is 0 Å². The predicted molar refractivity (Wildman–Crippen MR) is 40.7 cm³/mol. The van der Waals surface area contributed by atoms with Crippen molar-refractivity contribution in [1.82, 2.24) is 0 Å². The Balaban J connectivity index is 0. The number of carbonyl (C=O) groups is 1. The molecule has 0 amide bonds. The second-order valence-electron chi connectivity index (χ2n) is 2.17.